The Bertz CT molecular complexity index is 262. The van der Waals surface area contributed by atoms with Crippen LogP contribution in [0.15, 0.2) is 11.6 Å². The first-order valence-electron chi connectivity index (χ1n) is 5.34. The van der Waals surface area contributed by atoms with E-state index in [4.69, 9.17) is 11.6 Å². The highest BCUT2D eigenvalue weighted by molar-refractivity contribution is 6.27. The van der Waals surface area contributed by atoms with Crippen molar-refractivity contribution in [3.05, 3.63) is 11.6 Å². The van der Waals surface area contributed by atoms with E-state index in [1.807, 2.05) is 4.90 Å². The van der Waals surface area contributed by atoms with Crippen molar-refractivity contribution in [2.75, 3.05) is 19.0 Å². The molecule has 1 aliphatic heterocycles. The lowest BCUT2D eigenvalue weighted by molar-refractivity contribution is -0.128. The van der Waals surface area contributed by atoms with Crippen LogP contribution in [0.2, 0.25) is 0 Å². The van der Waals surface area contributed by atoms with Crippen molar-refractivity contribution in [1.29, 1.82) is 0 Å². The van der Waals surface area contributed by atoms with Crippen molar-refractivity contribution in [2.45, 2.75) is 25.7 Å². The van der Waals surface area contributed by atoms with Crippen LogP contribution in [0.3, 0.4) is 0 Å². The standard InChI is InChI=1S/C11H16ClNO/c12-7-11(14)13-6-5-9-3-1-2-4-10(9)8-13/h4,9H,1-3,5-8H2. The summed E-state index contributed by atoms with van der Waals surface area (Å²) < 4.78 is 0. The molecule has 1 aliphatic carbocycles. The van der Waals surface area contributed by atoms with Gasteiger partial charge in [-0.05, 0) is 31.6 Å². The second-order valence-corrected chi connectivity index (χ2v) is 4.41. The molecule has 0 saturated carbocycles. The fraction of sp³-hybridized carbons (Fsp3) is 0.727. The number of carbonyl (C=O) groups excluding carboxylic acids is 1. The summed E-state index contributed by atoms with van der Waals surface area (Å²) in [5.74, 6) is 0.956. The fourth-order valence-corrected chi connectivity index (χ4v) is 2.60. The van der Waals surface area contributed by atoms with E-state index in [1.54, 1.807) is 0 Å². The van der Waals surface area contributed by atoms with Crippen molar-refractivity contribution in [3.8, 4) is 0 Å². The molecule has 1 atom stereocenters. The SMILES string of the molecule is O=C(CCl)N1CCC2CCCC=C2C1. The summed E-state index contributed by atoms with van der Waals surface area (Å²) in [5, 5.41) is 0. The lowest BCUT2D eigenvalue weighted by Crippen LogP contribution is -2.41. The molecule has 2 nitrogen and oxygen atoms in total. The van der Waals surface area contributed by atoms with E-state index in [0.29, 0.717) is 0 Å². The van der Waals surface area contributed by atoms with Crippen LogP contribution in [-0.2, 0) is 4.79 Å². The molecule has 1 heterocycles. The van der Waals surface area contributed by atoms with E-state index in [-0.39, 0.29) is 11.8 Å². The van der Waals surface area contributed by atoms with E-state index < -0.39 is 0 Å². The summed E-state index contributed by atoms with van der Waals surface area (Å²) in [7, 11) is 0. The summed E-state index contributed by atoms with van der Waals surface area (Å²) in [6.07, 6.45) is 7.28. The normalized spacial score (nSPS) is 26.8. The third kappa shape index (κ3) is 1.95. The van der Waals surface area contributed by atoms with Gasteiger partial charge in [-0.2, -0.15) is 0 Å². The number of alkyl halides is 1. The van der Waals surface area contributed by atoms with Crippen molar-refractivity contribution in [1.82, 2.24) is 4.90 Å². The number of amides is 1. The third-order valence-corrected chi connectivity index (χ3v) is 3.50. The minimum Gasteiger partial charge on any atom is -0.338 e. The van der Waals surface area contributed by atoms with Gasteiger partial charge in [0, 0.05) is 13.1 Å². The van der Waals surface area contributed by atoms with Crippen LogP contribution in [-0.4, -0.2) is 29.8 Å². The van der Waals surface area contributed by atoms with Gasteiger partial charge in [-0.25, -0.2) is 0 Å². The summed E-state index contributed by atoms with van der Waals surface area (Å²) in [5.41, 5.74) is 1.47. The van der Waals surface area contributed by atoms with Gasteiger partial charge in [0.1, 0.15) is 5.88 Å². The Morgan fingerprint density at radius 1 is 1.57 bits per heavy atom. The molecule has 1 amide bonds. The molecular weight excluding hydrogens is 198 g/mol. The Morgan fingerprint density at radius 2 is 2.43 bits per heavy atom. The van der Waals surface area contributed by atoms with Crippen molar-refractivity contribution < 1.29 is 4.79 Å². The zero-order valence-electron chi connectivity index (χ0n) is 8.34. The maximum Gasteiger partial charge on any atom is 0.237 e. The van der Waals surface area contributed by atoms with Gasteiger partial charge in [0.05, 0.1) is 0 Å². The number of likely N-dealkylation sites (tertiary alicyclic amines) is 1. The van der Waals surface area contributed by atoms with Gasteiger partial charge in [0.25, 0.3) is 0 Å². The summed E-state index contributed by atoms with van der Waals surface area (Å²) in [4.78, 5) is 13.3. The molecule has 1 saturated heterocycles. The number of hydrogen-bond acceptors (Lipinski definition) is 1. The molecule has 0 bridgehead atoms. The number of hydrogen-bond donors (Lipinski definition) is 0. The van der Waals surface area contributed by atoms with E-state index in [0.717, 1.165) is 25.4 Å². The highest BCUT2D eigenvalue weighted by Crippen LogP contribution is 2.31. The molecule has 1 unspecified atom stereocenters. The number of nitrogens with zero attached hydrogens (tertiary/aromatic N) is 1. The van der Waals surface area contributed by atoms with Gasteiger partial charge in [-0.15, -0.1) is 11.6 Å². The van der Waals surface area contributed by atoms with Crippen LogP contribution in [0.4, 0.5) is 0 Å². The predicted molar refractivity (Wildman–Crippen MR) is 57.3 cm³/mol. The summed E-state index contributed by atoms with van der Waals surface area (Å²) >= 11 is 5.55. The van der Waals surface area contributed by atoms with E-state index in [9.17, 15) is 4.79 Å². The molecule has 0 radical (unpaired) electrons. The van der Waals surface area contributed by atoms with Gasteiger partial charge in [0.2, 0.25) is 5.91 Å². The average Bonchev–Trinajstić information content (AvgIpc) is 2.27. The van der Waals surface area contributed by atoms with Crippen LogP contribution >= 0.6 is 11.6 Å². The summed E-state index contributed by atoms with van der Waals surface area (Å²) in [6.45, 7) is 1.73. The molecule has 14 heavy (non-hydrogen) atoms. The second kappa shape index (κ2) is 4.35. The highest BCUT2D eigenvalue weighted by atomic mass is 35.5. The predicted octanol–water partition coefficient (Wildman–Crippen LogP) is 2.18. The molecule has 0 aromatic carbocycles. The van der Waals surface area contributed by atoms with Crippen LogP contribution in [0.5, 0.6) is 0 Å². The van der Waals surface area contributed by atoms with E-state index in [1.165, 1.54) is 24.8 Å². The smallest absolute Gasteiger partial charge is 0.237 e. The Hall–Kier alpha value is -0.500. The lowest BCUT2D eigenvalue weighted by atomic mass is 9.82. The average molecular weight is 214 g/mol. The molecule has 0 spiro atoms. The largest absolute Gasteiger partial charge is 0.338 e. The zero-order chi connectivity index (χ0) is 9.97. The van der Waals surface area contributed by atoms with E-state index >= 15 is 0 Å². The van der Waals surface area contributed by atoms with Gasteiger partial charge in [0.15, 0.2) is 0 Å². The molecule has 2 aliphatic rings. The van der Waals surface area contributed by atoms with Crippen molar-refractivity contribution in [2.24, 2.45) is 5.92 Å². The number of rotatable bonds is 1. The minimum absolute atomic E-state index is 0.0802. The van der Waals surface area contributed by atoms with Gasteiger partial charge in [-0.3, -0.25) is 4.79 Å². The summed E-state index contributed by atoms with van der Waals surface area (Å²) in [6, 6.07) is 0. The highest BCUT2D eigenvalue weighted by Gasteiger charge is 2.27. The number of halogens is 1. The first-order chi connectivity index (χ1) is 6.81. The number of piperidine rings is 1. The van der Waals surface area contributed by atoms with Crippen LogP contribution in [0.25, 0.3) is 0 Å². The Kier molecular flexibility index (Phi) is 3.12. The lowest BCUT2D eigenvalue weighted by Gasteiger charge is -2.36. The van der Waals surface area contributed by atoms with Gasteiger partial charge >= 0.3 is 0 Å². The van der Waals surface area contributed by atoms with Crippen LogP contribution < -0.4 is 0 Å². The monoisotopic (exact) mass is 213 g/mol. The second-order valence-electron chi connectivity index (χ2n) is 4.14. The fourth-order valence-electron chi connectivity index (χ4n) is 2.44. The van der Waals surface area contributed by atoms with E-state index in [2.05, 4.69) is 6.08 Å². The molecule has 0 aromatic rings. The first-order valence-corrected chi connectivity index (χ1v) is 5.87. The molecule has 1 fully saturated rings. The van der Waals surface area contributed by atoms with Crippen LogP contribution in [0.1, 0.15) is 25.7 Å². The molecule has 0 aromatic heterocycles. The van der Waals surface area contributed by atoms with Gasteiger partial charge in [-0.1, -0.05) is 11.6 Å². The molecule has 3 heteroatoms. The van der Waals surface area contributed by atoms with Crippen molar-refractivity contribution >= 4 is 17.5 Å². The molecule has 78 valence electrons. The first kappa shape index (κ1) is 10.0. The number of fused-ring (bicyclic) bond motifs is 1. The molecule has 0 N–H and O–H groups in total. The molecular formula is C11H16ClNO. The Balaban J connectivity index is 2.02. The third-order valence-electron chi connectivity index (χ3n) is 3.28. The minimum atomic E-state index is 0.0802. The Labute approximate surface area is 89.9 Å². The molecule has 2 rings (SSSR count). The zero-order valence-corrected chi connectivity index (χ0v) is 9.09. The quantitative estimate of drug-likeness (QED) is 0.483. The van der Waals surface area contributed by atoms with Gasteiger partial charge < -0.3 is 4.90 Å². The van der Waals surface area contributed by atoms with Crippen LogP contribution in [0, 0.1) is 5.92 Å². The number of carbonyl (C=O) groups is 1. The maximum absolute atomic E-state index is 11.4. The Morgan fingerprint density at radius 3 is 3.21 bits per heavy atom. The van der Waals surface area contributed by atoms with Crippen molar-refractivity contribution in [3.63, 3.8) is 0 Å². The maximum atomic E-state index is 11.4. The topological polar surface area (TPSA) is 20.3 Å². The number of allylic oxidation sites excluding steroid dienone is 1.